The first-order valence-electron chi connectivity index (χ1n) is 8.76. The van der Waals surface area contributed by atoms with Crippen molar-refractivity contribution in [3.63, 3.8) is 0 Å². The molecule has 0 aliphatic carbocycles. The van der Waals surface area contributed by atoms with Crippen LogP contribution in [0.25, 0.3) is 0 Å². The smallest absolute Gasteiger partial charge is 0.237 e. The number of nitrogens with one attached hydrogen (secondary N) is 1. The number of hydrogen-bond donors (Lipinski definition) is 1. The standard InChI is InChI=1S/C19H26N4O/c1-22-12-6-2-3-10-18(22)19(24)20-14-16-8-4-5-9-17(16)15-23-13-7-11-21-23/h4-5,7-9,11,13,18H,2-3,6,10,12,14-15H2,1H3,(H,20,24)/t18-/m0/s1. The van der Waals surface area contributed by atoms with Crippen LogP contribution in [-0.4, -0.2) is 40.2 Å². The molecule has 1 aromatic carbocycles. The van der Waals surface area contributed by atoms with Crippen molar-refractivity contribution in [2.24, 2.45) is 0 Å². The molecule has 0 bridgehead atoms. The summed E-state index contributed by atoms with van der Waals surface area (Å²) >= 11 is 0. The Kier molecular flexibility index (Phi) is 5.64. The van der Waals surface area contributed by atoms with E-state index in [-0.39, 0.29) is 11.9 Å². The van der Waals surface area contributed by atoms with Gasteiger partial charge in [-0.25, -0.2) is 0 Å². The molecule has 3 rings (SSSR count). The maximum Gasteiger partial charge on any atom is 0.237 e. The normalized spacial score (nSPS) is 19.0. The van der Waals surface area contributed by atoms with Crippen LogP contribution in [-0.2, 0) is 17.9 Å². The van der Waals surface area contributed by atoms with Gasteiger partial charge in [-0.15, -0.1) is 0 Å². The van der Waals surface area contributed by atoms with Crippen LogP contribution in [0.5, 0.6) is 0 Å². The number of benzene rings is 1. The number of likely N-dealkylation sites (tertiary alicyclic amines) is 1. The molecule has 0 saturated carbocycles. The molecule has 0 unspecified atom stereocenters. The Morgan fingerprint density at radius 1 is 1.21 bits per heavy atom. The van der Waals surface area contributed by atoms with Crippen LogP contribution >= 0.6 is 0 Å². The summed E-state index contributed by atoms with van der Waals surface area (Å²) in [5.41, 5.74) is 2.34. The second-order valence-corrected chi connectivity index (χ2v) is 6.54. The molecule has 2 heterocycles. The quantitative estimate of drug-likeness (QED) is 0.918. The number of hydrogen-bond acceptors (Lipinski definition) is 3. The zero-order valence-electron chi connectivity index (χ0n) is 14.3. The van der Waals surface area contributed by atoms with Gasteiger partial charge < -0.3 is 5.32 Å². The second-order valence-electron chi connectivity index (χ2n) is 6.54. The highest BCUT2D eigenvalue weighted by Crippen LogP contribution is 2.16. The lowest BCUT2D eigenvalue weighted by Crippen LogP contribution is -2.44. The third kappa shape index (κ3) is 4.23. The molecule has 2 aromatic rings. The van der Waals surface area contributed by atoms with Gasteiger partial charge in [0.2, 0.25) is 5.91 Å². The lowest BCUT2D eigenvalue weighted by atomic mass is 10.1. The van der Waals surface area contributed by atoms with Gasteiger partial charge in [-0.05, 0) is 43.6 Å². The molecule has 5 nitrogen and oxygen atoms in total. The Labute approximate surface area is 143 Å². The molecule has 1 aromatic heterocycles. The maximum atomic E-state index is 12.6. The van der Waals surface area contributed by atoms with Crippen molar-refractivity contribution in [2.45, 2.75) is 44.8 Å². The van der Waals surface area contributed by atoms with Gasteiger partial charge in [-0.2, -0.15) is 5.10 Å². The number of likely N-dealkylation sites (N-methyl/N-ethyl adjacent to an activating group) is 1. The average molecular weight is 326 g/mol. The van der Waals surface area contributed by atoms with Crippen LogP contribution in [0.3, 0.4) is 0 Å². The van der Waals surface area contributed by atoms with Gasteiger partial charge in [0, 0.05) is 18.9 Å². The summed E-state index contributed by atoms with van der Waals surface area (Å²) in [6.45, 7) is 2.30. The first-order valence-corrected chi connectivity index (χ1v) is 8.76. The molecule has 24 heavy (non-hydrogen) atoms. The number of aromatic nitrogens is 2. The molecule has 0 radical (unpaired) electrons. The van der Waals surface area contributed by atoms with Gasteiger partial charge in [-0.3, -0.25) is 14.4 Å². The summed E-state index contributed by atoms with van der Waals surface area (Å²) in [6, 6.07) is 10.2. The van der Waals surface area contributed by atoms with E-state index in [1.165, 1.54) is 18.4 Å². The number of nitrogens with zero attached hydrogens (tertiary/aromatic N) is 3. The predicted molar refractivity (Wildman–Crippen MR) is 94.5 cm³/mol. The fourth-order valence-electron chi connectivity index (χ4n) is 3.34. The van der Waals surface area contributed by atoms with E-state index in [0.29, 0.717) is 6.54 Å². The number of rotatable bonds is 5. The lowest BCUT2D eigenvalue weighted by Gasteiger charge is -2.24. The highest BCUT2D eigenvalue weighted by Gasteiger charge is 2.24. The van der Waals surface area contributed by atoms with E-state index in [1.807, 2.05) is 29.1 Å². The third-order valence-electron chi connectivity index (χ3n) is 4.79. The predicted octanol–water partition coefficient (Wildman–Crippen LogP) is 2.42. The highest BCUT2D eigenvalue weighted by atomic mass is 16.2. The summed E-state index contributed by atoms with van der Waals surface area (Å²) in [5, 5.41) is 7.40. The van der Waals surface area contributed by atoms with Crippen LogP contribution in [0.4, 0.5) is 0 Å². The monoisotopic (exact) mass is 326 g/mol. The van der Waals surface area contributed by atoms with Crippen molar-refractivity contribution in [3.8, 4) is 0 Å². The van der Waals surface area contributed by atoms with E-state index in [2.05, 4.69) is 34.5 Å². The van der Waals surface area contributed by atoms with Crippen molar-refractivity contribution in [1.82, 2.24) is 20.0 Å². The molecule has 128 valence electrons. The zero-order chi connectivity index (χ0) is 16.8. The van der Waals surface area contributed by atoms with E-state index >= 15 is 0 Å². The Morgan fingerprint density at radius 3 is 2.83 bits per heavy atom. The van der Waals surface area contributed by atoms with Gasteiger partial charge in [0.1, 0.15) is 0 Å². The minimum atomic E-state index is 0.00535. The van der Waals surface area contributed by atoms with Crippen LogP contribution in [0.1, 0.15) is 36.8 Å². The summed E-state index contributed by atoms with van der Waals surface area (Å²) in [7, 11) is 2.06. The number of amides is 1. The second kappa shape index (κ2) is 8.11. The first-order chi connectivity index (χ1) is 11.7. The minimum absolute atomic E-state index is 0.00535. The molecule has 1 N–H and O–H groups in total. The molecule has 1 amide bonds. The van der Waals surface area contributed by atoms with Crippen molar-refractivity contribution in [2.75, 3.05) is 13.6 Å². The van der Waals surface area contributed by atoms with E-state index < -0.39 is 0 Å². The van der Waals surface area contributed by atoms with Gasteiger partial charge >= 0.3 is 0 Å². The molecular formula is C19H26N4O. The minimum Gasteiger partial charge on any atom is -0.351 e. The van der Waals surface area contributed by atoms with Gasteiger partial charge in [-0.1, -0.05) is 37.1 Å². The lowest BCUT2D eigenvalue weighted by molar-refractivity contribution is -0.126. The summed E-state index contributed by atoms with van der Waals surface area (Å²) in [6.07, 6.45) is 8.24. The summed E-state index contributed by atoms with van der Waals surface area (Å²) in [5.74, 6) is 0.147. The van der Waals surface area contributed by atoms with E-state index in [9.17, 15) is 4.79 Å². The first kappa shape index (κ1) is 16.7. The molecule has 1 aliphatic rings. The third-order valence-corrected chi connectivity index (χ3v) is 4.79. The highest BCUT2D eigenvalue weighted by molar-refractivity contribution is 5.81. The van der Waals surface area contributed by atoms with E-state index in [4.69, 9.17) is 0 Å². The average Bonchev–Trinajstić information content (AvgIpc) is 3.00. The van der Waals surface area contributed by atoms with Crippen LogP contribution < -0.4 is 5.32 Å². The Hall–Kier alpha value is -2.14. The van der Waals surface area contributed by atoms with E-state index in [0.717, 1.165) is 31.5 Å². The molecule has 5 heteroatoms. The Balaban J connectivity index is 1.62. The molecule has 1 saturated heterocycles. The van der Waals surface area contributed by atoms with Gasteiger partial charge in [0.25, 0.3) is 0 Å². The topological polar surface area (TPSA) is 50.2 Å². The van der Waals surface area contributed by atoms with Crippen LogP contribution in [0.2, 0.25) is 0 Å². The van der Waals surface area contributed by atoms with E-state index in [1.54, 1.807) is 6.20 Å². The van der Waals surface area contributed by atoms with Crippen molar-refractivity contribution < 1.29 is 4.79 Å². The Bertz CT molecular complexity index is 653. The summed E-state index contributed by atoms with van der Waals surface area (Å²) in [4.78, 5) is 14.8. The Morgan fingerprint density at radius 2 is 2.04 bits per heavy atom. The molecular weight excluding hydrogens is 300 g/mol. The van der Waals surface area contributed by atoms with Gasteiger partial charge in [0.15, 0.2) is 0 Å². The SMILES string of the molecule is CN1CCCCC[C@H]1C(=O)NCc1ccccc1Cn1cccn1. The van der Waals surface area contributed by atoms with Crippen molar-refractivity contribution >= 4 is 5.91 Å². The maximum absolute atomic E-state index is 12.6. The summed E-state index contributed by atoms with van der Waals surface area (Å²) < 4.78 is 1.90. The molecule has 1 fully saturated rings. The fraction of sp³-hybridized carbons (Fsp3) is 0.474. The van der Waals surface area contributed by atoms with Gasteiger partial charge in [0.05, 0.1) is 12.6 Å². The molecule has 1 aliphatic heterocycles. The fourth-order valence-corrected chi connectivity index (χ4v) is 3.34. The van der Waals surface area contributed by atoms with Crippen LogP contribution in [0, 0.1) is 0 Å². The zero-order valence-corrected chi connectivity index (χ0v) is 14.3. The van der Waals surface area contributed by atoms with Crippen molar-refractivity contribution in [1.29, 1.82) is 0 Å². The van der Waals surface area contributed by atoms with Crippen LogP contribution in [0.15, 0.2) is 42.7 Å². The van der Waals surface area contributed by atoms with Crippen molar-refractivity contribution in [3.05, 3.63) is 53.9 Å². The number of carbonyl (C=O) groups excluding carboxylic acids is 1. The molecule has 1 atom stereocenters. The number of carbonyl (C=O) groups is 1. The largest absolute Gasteiger partial charge is 0.351 e. The molecule has 0 spiro atoms.